The Labute approximate surface area is 65.2 Å². The summed E-state index contributed by atoms with van der Waals surface area (Å²) < 4.78 is 62.9. The lowest BCUT2D eigenvalue weighted by molar-refractivity contribution is 0.218. The first kappa shape index (κ1) is 11.0. The second-order valence-corrected chi connectivity index (χ2v) is 2.19. The van der Waals surface area contributed by atoms with Crippen molar-refractivity contribution in [3.05, 3.63) is 24.7 Å². The second-order valence-electron chi connectivity index (χ2n) is 1.28. The molecule has 0 spiro atoms. The summed E-state index contributed by atoms with van der Waals surface area (Å²) in [6.07, 6.45) is -1.30. The quantitative estimate of drug-likeness (QED) is 0.403. The van der Waals surface area contributed by atoms with Crippen LogP contribution in [0.2, 0.25) is 0 Å². The summed E-state index contributed by atoms with van der Waals surface area (Å²) in [5, 5.41) is 0. The van der Waals surface area contributed by atoms with Gasteiger partial charge in [0.15, 0.2) is 12.7 Å². The molecule has 0 aromatic carbocycles. The highest BCUT2D eigenvalue weighted by Crippen LogP contribution is 2.31. The highest BCUT2D eigenvalue weighted by molar-refractivity contribution is 7.33. The number of hydrogen-bond donors (Lipinski definition) is 0. The van der Waals surface area contributed by atoms with Crippen LogP contribution in [0.3, 0.4) is 0 Å². The van der Waals surface area contributed by atoms with Crippen molar-refractivity contribution in [2.45, 2.75) is 0 Å². The molecule has 0 aliphatic carbocycles. The lowest BCUT2D eigenvalue weighted by Crippen LogP contribution is -1.79. The zero-order valence-corrected chi connectivity index (χ0v) is 6.39. The highest BCUT2D eigenvalue weighted by atomic mass is 31.1. The average molecular weight is 206 g/mol. The molecule has 0 aromatic heterocycles. The maximum Gasteiger partial charge on any atom is 0.422 e. The Morgan fingerprint density at radius 3 is 1.67 bits per heavy atom. The van der Waals surface area contributed by atoms with Crippen LogP contribution in [0.25, 0.3) is 0 Å². The van der Waals surface area contributed by atoms with Crippen molar-refractivity contribution in [3.63, 3.8) is 0 Å². The molecular formula is C4H3F4O3P. The van der Waals surface area contributed by atoms with Crippen LogP contribution in [-0.4, -0.2) is 0 Å². The Morgan fingerprint density at radius 2 is 1.42 bits per heavy atom. The fourth-order valence-corrected chi connectivity index (χ4v) is 0.674. The topological polar surface area (TPSA) is 35.5 Å². The third kappa shape index (κ3) is 4.79. The molecule has 0 bridgehead atoms. The van der Waals surface area contributed by atoms with Gasteiger partial charge in [0.1, 0.15) is 0 Å². The Bertz CT molecular complexity index is 204. The molecule has 0 rings (SSSR count). The SMILES string of the molecule is O=[PH](O/C(F)=C/F)O/C(F)=C/F. The van der Waals surface area contributed by atoms with Gasteiger partial charge in [-0.2, -0.15) is 8.78 Å². The third-order valence-electron chi connectivity index (χ3n) is 0.533. The van der Waals surface area contributed by atoms with Crippen LogP contribution in [0.5, 0.6) is 0 Å². The minimum absolute atomic E-state index is 0.650. The van der Waals surface area contributed by atoms with Gasteiger partial charge >= 0.3 is 20.3 Å². The average Bonchev–Trinajstić information content (AvgIpc) is 2.03. The Kier molecular flexibility index (Phi) is 5.19. The summed E-state index contributed by atoms with van der Waals surface area (Å²) in [6.45, 7) is 0. The van der Waals surface area contributed by atoms with E-state index in [1.54, 1.807) is 0 Å². The van der Waals surface area contributed by atoms with E-state index in [9.17, 15) is 22.1 Å². The van der Waals surface area contributed by atoms with Crippen LogP contribution in [0.1, 0.15) is 0 Å². The van der Waals surface area contributed by atoms with E-state index < -0.39 is 32.9 Å². The molecule has 0 N–H and O–H groups in total. The van der Waals surface area contributed by atoms with Gasteiger partial charge in [0.2, 0.25) is 0 Å². The Morgan fingerprint density at radius 1 is 1.08 bits per heavy atom. The van der Waals surface area contributed by atoms with Crippen molar-refractivity contribution >= 4 is 8.25 Å². The van der Waals surface area contributed by atoms with Crippen molar-refractivity contribution in [2.75, 3.05) is 0 Å². The summed E-state index contributed by atoms with van der Waals surface area (Å²) >= 11 is 0. The lowest BCUT2D eigenvalue weighted by atomic mass is 11.1. The summed E-state index contributed by atoms with van der Waals surface area (Å²) in [7, 11) is -3.63. The minimum atomic E-state index is -3.63. The molecule has 0 fully saturated rings. The van der Waals surface area contributed by atoms with Gasteiger partial charge in [-0.25, -0.2) is 13.3 Å². The van der Waals surface area contributed by atoms with Gasteiger partial charge in [-0.1, -0.05) is 0 Å². The van der Waals surface area contributed by atoms with Gasteiger partial charge in [-0.05, 0) is 0 Å². The maximum absolute atomic E-state index is 11.7. The van der Waals surface area contributed by atoms with Crippen molar-refractivity contribution in [1.82, 2.24) is 0 Å². The molecule has 0 aliphatic rings. The van der Waals surface area contributed by atoms with Crippen LogP contribution in [0.4, 0.5) is 17.6 Å². The highest BCUT2D eigenvalue weighted by Gasteiger charge is 2.07. The summed E-state index contributed by atoms with van der Waals surface area (Å²) in [5.74, 6) is 0. The molecule has 0 saturated carbocycles. The van der Waals surface area contributed by atoms with Crippen molar-refractivity contribution < 1.29 is 31.2 Å². The summed E-state index contributed by atoms with van der Waals surface area (Å²) in [5.41, 5.74) is 0. The Hall–Kier alpha value is -0.970. The molecular weight excluding hydrogens is 203 g/mol. The molecule has 0 unspecified atom stereocenters. The standard InChI is InChI=1S/C4H3F4O3P/c5-1-3(7)10-12(9)11-4(8)2-6/h1-2,12H/b3-1+,4-2+. The fraction of sp³-hybridized carbons (Fsp3) is 0. The monoisotopic (exact) mass is 206 g/mol. The first-order valence-electron chi connectivity index (χ1n) is 2.41. The van der Waals surface area contributed by atoms with E-state index in [0.717, 1.165) is 0 Å². The minimum Gasteiger partial charge on any atom is -0.389 e. The van der Waals surface area contributed by atoms with Gasteiger partial charge < -0.3 is 9.05 Å². The van der Waals surface area contributed by atoms with E-state index in [-0.39, 0.29) is 0 Å². The van der Waals surface area contributed by atoms with E-state index in [1.165, 1.54) is 0 Å². The normalized spacial score (nSPS) is 13.4. The first-order valence-corrected chi connectivity index (χ1v) is 3.64. The van der Waals surface area contributed by atoms with Crippen molar-refractivity contribution in [3.8, 4) is 0 Å². The molecule has 0 radical (unpaired) electrons. The molecule has 0 heterocycles. The zero-order chi connectivity index (χ0) is 9.56. The van der Waals surface area contributed by atoms with Crippen LogP contribution in [0.15, 0.2) is 24.7 Å². The zero-order valence-electron chi connectivity index (χ0n) is 5.39. The second kappa shape index (κ2) is 5.65. The van der Waals surface area contributed by atoms with E-state index >= 15 is 0 Å². The molecule has 3 nitrogen and oxygen atoms in total. The third-order valence-corrected chi connectivity index (χ3v) is 1.26. The first-order chi connectivity index (χ1) is 5.60. The van der Waals surface area contributed by atoms with E-state index in [4.69, 9.17) is 0 Å². The van der Waals surface area contributed by atoms with Gasteiger partial charge in [0.25, 0.3) is 0 Å². The van der Waals surface area contributed by atoms with Gasteiger partial charge in [0.05, 0.1) is 0 Å². The predicted molar refractivity (Wildman–Crippen MR) is 31.8 cm³/mol. The van der Waals surface area contributed by atoms with Gasteiger partial charge in [0, 0.05) is 0 Å². The van der Waals surface area contributed by atoms with E-state index in [2.05, 4.69) is 9.05 Å². The van der Waals surface area contributed by atoms with Gasteiger partial charge in [-0.15, -0.1) is 0 Å². The number of rotatable bonds is 4. The summed E-state index contributed by atoms with van der Waals surface area (Å²) in [6, 6.07) is -3.68. The van der Waals surface area contributed by atoms with Crippen molar-refractivity contribution in [2.24, 2.45) is 0 Å². The van der Waals surface area contributed by atoms with Crippen LogP contribution >= 0.6 is 8.25 Å². The number of hydrogen-bond acceptors (Lipinski definition) is 3. The van der Waals surface area contributed by atoms with E-state index in [0.29, 0.717) is 0 Å². The molecule has 8 heteroatoms. The Balaban J connectivity index is 3.91. The van der Waals surface area contributed by atoms with E-state index in [1.807, 2.05) is 0 Å². The number of halogens is 4. The van der Waals surface area contributed by atoms with Crippen LogP contribution in [-0.2, 0) is 13.6 Å². The largest absolute Gasteiger partial charge is 0.422 e. The summed E-state index contributed by atoms with van der Waals surface area (Å²) in [4.78, 5) is 0. The van der Waals surface area contributed by atoms with Crippen LogP contribution < -0.4 is 0 Å². The molecule has 0 amide bonds. The predicted octanol–water partition coefficient (Wildman–Crippen LogP) is 2.89. The molecule has 0 aliphatic heterocycles. The fourth-order valence-electron chi connectivity index (χ4n) is 0.225. The van der Waals surface area contributed by atoms with Crippen molar-refractivity contribution in [1.29, 1.82) is 0 Å². The molecule has 0 saturated heterocycles. The maximum atomic E-state index is 11.7. The molecule has 0 atom stereocenters. The molecule has 0 aromatic rings. The smallest absolute Gasteiger partial charge is 0.389 e. The molecule has 70 valence electrons. The van der Waals surface area contributed by atoms with Crippen LogP contribution in [0, 0.1) is 0 Å². The van der Waals surface area contributed by atoms with Gasteiger partial charge in [-0.3, -0.25) is 0 Å². The lowest BCUT2D eigenvalue weighted by Gasteiger charge is -2.00. The molecule has 12 heavy (non-hydrogen) atoms.